The minimum absolute atomic E-state index is 0.0764. The molecule has 2 heteroatoms. The molecule has 0 aliphatic rings. The Morgan fingerprint density at radius 1 is 1.40 bits per heavy atom. The van der Waals surface area contributed by atoms with Gasteiger partial charge in [0.25, 0.3) is 0 Å². The highest BCUT2D eigenvalue weighted by atomic mass is 16.1. The first-order valence-electron chi connectivity index (χ1n) is 3.32. The van der Waals surface area contributed by atoms with Crippen molar-refractivity contribution in [3.05, 3.63) is 11.5 Å². The maximum absolute atomic E-state index is 11.1. The molecule has 0 heterocycles. The summed E-state index contributed by atoms with van der Waals surface area (Å²) in [5.74, 6) is 0.0764. The minimum Gasteiger partial charge on any atom is -0.294 e. The summed E-state index contributed by atoms with van der Waals surface area (Å²) in [6, 6.07) is 0. The molecule has 0 amide bonds. The molecule has 54 valence electrons. The average molecular weight is 136 g/mol. The number of ketones is 1. The van der Waals surface area contributed by atoms with Gasteiger partial charge in [0.15, 0.2) is 5.78 Å². The van der Waals surface area contributed by atoms with Crippen LogP contribution in [0.5, 0.6) is 0 Å². The van der Waals surface area contributed by atoms with E-state index in [1.165, 1.54) is 6.08 Å². The van der Waals surface area contributed by atoms with Crippen LogP contribution in [0.2, 0.25) is 0 Å². The van der Waals surface area contributed by atoms with Crippen LogP contribution >= 0.6 is 0 Å². The molecule has 0 aromatic rings. The van der Waals surface area contributed by atoms with Gasteiger partial charge in [-0.05, 0) is 6.08 Å². The lowest BCUT2D eigenvalue weighted by molar-refractivity contribution is -0.121. The first-order chi connectivity index (χ1) is 4.34. The predicted molar refractivity (Wildman–Crippen MR) is 44.0 cm³/mol. The van der Waals surface area contributed by atoms with Crippen LogP contribution in [0.3, 0.4) is 0 Å². The molecule has 0 aliphatic heterocycles. The second kappa shape index (κ2) is 3.04. The van der Waals surface area contributed by atoms with Gasteiger partial charge in [0.05, 0.1) is 0 Å². The van der Waals surface area contributed by atoms with E-state index in [1.807, 2.05) is 20.8 Å². The zero-order valence-electron chi connectivity index (χ0n) is 7.06. The van der Waals surface area contributed by atoms with Gasteiger partial charge in [0.1, 0.15) is 7.85 Å². The average Bonchev–Trinajstić information content (AvgIpc) is 1.60. The summed E-state index contributed by atoms with van der Waals surface area (Å²) in [6.07, 6.45) is 1.47. The third-order valence-corrected chi connectivity index (χ3v) is 1.10. The van der Waals surface area contributed by atoms with Crippen LogP contribution in [-0.4, -0.2) is 13.6 Å². The molecule has 0 unspecified atom stereocenters. The molecule has 0 aliphatic carbocycles. The highest BCUT2D eigenvalue weighted by Gasteiger charge is 2.17. The van der Waals surface area contributed by atoms with E-state index < -0.39 is 0 Å². The van der Waals surface area contributed by atoms with E-state index >= 15 is 0 Å². The monoisotopic (exact) mass is 136 g/mol. The fraction of sp³-hybridized carbons (Fsp3) is 0.625. The van der Waals surface area contributed by atoms with E-state index in [2.05, 4.69) is 0 Å². The summed E-state index contributed by atoms with van der Waals surface area (Å²) in [4.78, 5) is 11.1. The molecule has 10 heavy (non-hydrogen) atoms. The van der Waals surface area contributed by atoms with E-state index in [1.54, 1.807) is 6.92 Å². The van der Waals surface area contributed by atoms with Gasteiger partial charge in [-0.25, -0.2) is 0 Å². The predicted octanol–water partition coefficient (Wildman–Crippen LogP) is 1.67. The van der Waals surface area contributed by atoms with Gasteiger partial charge in [0, 0.05) is 5.41 Å². The largest absolute Gasteiger partial charge is 0.294 e. The Morgan fingerprint density at radius 2 is 1.80 bits per heavy atom. The zero-order valence-corrected chi connectivity index (χ0v) is 7.06. The molecule has 0 saturated carbocycles. The van der Waals surface area contributed by atoms with Gasteiger partial charge in [-0.15, -0.1) is 5.47 Å². The number of carbonyl (C=O) groups is 1. The molecule has 2 radical (unpaired) electrons. The summed E-state index contributed by atoms with van der Waals surface area (Å²) < 4.78 is 0. The molecule has 0 spiro atoms. The third kappa shape index (κ3) is 3.49. The third-order valence-electron chi connectivity index (χ3n) is 1.10. The normalized spacial score (nSPS) is 13.4. The molecule has 0 aromatic heterocycles. The SMILES string of the molecule is [B]/C(C)=C/C(=O)C(C)(C)C. The van der Waals surface area contributed by atoms with E-state index in [9.17, 15) is 4.79 Å². The zero-order chi connectivity index (χ0) is 8.36. The first-order valence-corrected chi connectivity index (χ1v) is 3.32. The number of carbonyl (C=O) groups excluding carboxylic acids is 1. The molecule has 0 bridgehead atoms. The van der Waals surface area contributed by atoms with Crippen molar-refractivity contribution in [3.8, 4) is 0 Å². The maximum atomic E-state index is 11.1. The summed E-state index contributed by atoms with van der Waals surface area (Å²) in [7, 11) is 5.33. The van der Waals surface area contributed by atoms with Crippen molar-refractivity contribution in [3.63, 3.8) is 0 Å². The Bertz CT molecular complexity index is 159. The summed E-state index contributed by atoms with van der Waals surface area (Å²) in [5.41, 5.74) is 0.264. The van der Waals surface area contributed by atoms with Crippen molar-refractivity contribution >= 4 is 13.6 Å². The van der Waals surface area contributed by atoms with Crippen LogP contribution in [0.1, 0.15) is 27.7 Å². The highest BCUT2D eigenvalue weighted by molar-refractivity contribution is 6.23. The fourth-order valence-corrected chi connectivity index (χ4v) is 0.423. The lowest BCUT2D eigenvalue weighted by Crippen LogP contribution is -2.17. The highest BCUT2D eigenvalue weighted by Crippen LogP contribution is 2.15. The topological polar surface area (TPSA) is 17.1 Å². The smallest absolute Gasteiger partial charge is 0.160 e. The summed E-state index contributed by atoms with van der Waals surface area (Å²) >= 11 is 0. The second-order valence-corrected chi connectivity index (χ2v) is 3.50. The summed E-state index contributed by atoms with van der Waals surface area (Å²) in [6.45, 7) is 7.32. The fourth-order valence-electron chi connectivity index (χ4n) is 0.423. The van der Waals surface area contributed by atoms with Gasteiger partial charge < -0.3 is 0 Å². The molecular weight excluding hydrogens is 123 g/mol. The quantitative estimate of drug-likeness (QED) is 0.395. The van der Waals surface area contributed by atoms with Gasteiger partial charge in [-0.1, -0.05) is 27.7 Å². The number of hydrogen-bond donors (Lipinski definition) is 0. The van der Waals surface area contributed by atoms with Crippen molar-refractivity contribution in [2.24, 2.45) is 5.41 Å². The molecule has 0 aromatic carbocycles. The van der Waals surface area contributed by atoms with E-state index in [-0.39, 0.29) is 11.2 Å². The molecule has 0 saturated heterocycles. The number of allylic oxidation sites excluding steroid dienone is 2. The Hall–Kier alpha value is -0.525. The van der Waals surface area contributed by atoms with Crippen molar-refractivity contribution in [2.45, 2.75) is 27.7 Å². The lowest BCUT2D eigenvalue weighted by atomic mass is 9.86. The Labute approximate surface area is 63.9 Å². The molecular formula is C8H13BO. The van der Waals surface area contributed by atoms with Gasteiger partial charge >= 0.3 is 0 Å². The lowest BCUT2D eigenvalue weighted by Gasteiger charge is -2.13. The van der Waals surface area contributed by atoms with Gasteiger partial charge in [-0.2, -0.15) is 0 Å². The number of rotatable bonds is 1. The Balaban J connectivity index is 4.27. The van der Waals surface area contributed by atoms with Crippen LogP contribution < -0.4 is 0 Å². The van der Waals surface area contributed by atoms with Crippen LogP contribution in [0, 0.1) is 5.41 Å². The Morgan fingerprint density at radius 3 is 1.90 bits per heavy atom. The van der Waals surface area contributed by atoms with Crippen LogP contribution in [0.25, 0.3) is 0 Å². The standard InChI is InChI=1S/C8H13BO/c1-6(9)5-7(10)8(2,3)4/h5H,1-4H3/b6-5+. The van der Waals surface area contributed by atoms with Crippen LogP contribution in [-0.2, 0) is 4.79 Å². The second-order valence-electron chi connectivity index (χ2n) is 3.50. The van der Waals surface area contributed by atoms with Crippen molar-refractivity contribution in [2.75, 3.05) is 0 Å². The maximum Gasteiger partial charge on any atom is 0.160 e. The first kappa shape index (κ1) is 9.47. The molecule has 0 fully saturated rings. The molecule has 1 nitrogen and oxygen atoms in total. The Kier molecular flexibility index (Phi) is 2.88. The molecule has 0 rings (SSSR count). The minimum atomic E-state index is -0.305. The van der Waals surface area contributed by atoms with E-state index in [0.29, 0.717) is 5.47 Å². The van der Waals surface area contributed by atoms with Gasteiger partial charge in [-0.3, -0.25) is 4.79 Å². The van der Waals surface area contributed by atoms with Gasteiger partial charge in [0.2, 0.25) is 0 Å². The van der Waals surface area contributed by atoms with E-state index in [0.717, 1.165) is 0 Å². The van der Waals surface area contributed by atoms with Crippen molar-refractivity contribution in [1.29, 1.82) is 0 Å². The number of hydrogen-bond acceptors (Lipinski definition) is 1. The molecule has 0 atom stereocenters. The van der Waals surface area contributed by atoms with Crippen LogP contribution in [0.15, 0.2) is 11.5 Å². The van der Waals surface area contributed by atoms with Crippen LogP contribution in [0.4, 0.5) is 0 Å². The van der Waals surface area contributed by atoms with Crippen molar-refractivity contribution in [1.82, 2.24) is 0 Å². The molecule has 0 N–H and O–H groups in total. The van der Waals surface area contributed by atoms with Crippen molar-refractivity contribution < 1.29 is 4.79 Å². The summed E-state index contributed by atoms with van der Waals surface area (Å²) in [5, 5.41) is 0. The van der Waals surface area contributed by atoms with E-state index in [4.69, 9.17) is 7.85 Å².